The lowest BCUT2D eigenvalue weighted by atomic mass is 9.97. The Morgan fingerprint density at radius 2 is 1.37 bits per heavy atom. The van der Waals surface area contributed by atoms with Gasteiger partial charge in [-0.05, 0) is 30.2 Å². The van der Waals surface area contributed by atoms with Crippen LogP contribution in [0, 0.1) is 6.92 Å². The number of amides is 1. The first-order valence-electron chi connectivity index (χ1n) is 8.45. The van der Waals surface area contributed by atoms with Crippen molar-refractivity contribution >= 4 is 5.91 Å². The van der Waals surface area contributed by atoms with Gasteiger partial charge in [-0.3, -0.25) is 4.79 Å². The molecule has 0 unspecified atom stereocenters. The second-order valence-corrected chi connectivity index (χ2v) is 6.27. The first-order chi connectivity index (χ1) is 12.9. The molecular weight excluding hydrogens is 351 g/mol. The minimum atomic E-state index is -4.60. The third-order valence-corrected chi connectivity index (χ3v) is 4.30. The summed E-state index contributed by atoms with van der Waals surface area (Å²) in [5, 5.41) is 2.76. The van der Waals surface area contributed by atoms with Crippen LogP contribution in [0.15, 0.2) is 78.9 Å². The molecule has 0 aliphatic heterocycles. The van der Waals surface area contributed by atoms with Crippen molar-refractivity contribution in [2.45, 2.75) is 19.1 Å². The van der Waals surface area contributed by atoms with Crippen molar-refractivity contribution in [1.29, 1.82) is 0 Å². The normalized spacial score (nSPS) is 12.4. The highest BCUT2D eigenvalue weighted by atomic mass is 19.4. The first-order valence-corrected chi connectivity index (χ1v) is 8.45. The molecule has 0 heterocycles. The maximum absolute atomic E-state index is 13.3. The summed E-state index contributed by atoms with van der Waals surface area (Å²) in [6, 6.07) is 20.9. The summed E-state index contributed by atoms with van der Waals surface area (Å²) in [4.78, 5) is 12.7. The van der Waals surface area contributed by atoms with Crippen LogP contribution in [0.3, 0.4) is 0 Å². The maximum Gasteiger partial charge on any atom is 0.417 e. The van der Waals surface area contributed by atoms with Gasteiger partial charge in [0, 0.05) is 0 Å². The smallest absolute Gasteiger partial charge is 0.341 e. The molecule has 0 aliphatic carbocycles. The van der Waals surface area contributed by atoms with Crippen LogP contribution < -0.4 is 5.32 Å². The van der Waals surface area contributed by atoms with Crippen molar-refractivity contribution in [2.24, 2.45) is 0 Å². The van der Waals surface area contributed by atoms with Crippen LogP contribution in [0.1, 0.15) is 38.7 Å². The molecule has 3 rings (SSSR count). The van der Waals surface area contributed by atoms with Gasteiger partial charge in [0.2, 0.25) is 0 Å². The molecule has 0 saturated heterocycles. The molecule has 0 spiro atoms. The molecule has 3 aromatic carbocycles. The summed E-state index contributed by atoms with van der Waals surface area (Å²) in [6.45, 7) is 1.94. The molecule has 0 radical (unpaired) electrons. The highest BCUT2D eigenvalue weighted by molar-refractivity contribution is 5.96. The highest BCUT2D eigenvalue weighted by Gasteiger charge is 2.35. The summed E-state index contributed by atoms with van der Waals surface area (Å²) in [5.74, 6) is -0.766. The van der Waals surface area contributed by atoms with E-state index >= 15 is 0 Å². The molecule has 0 saturated carbocycles. The summed E-state index contributed by atoms with van der Waals surface area (Å²) < 4.78 is 39.8. The molecule has 0 aliphatic rings. The number of carbonyl (C=O) groups excluding carboxylic acids is 1. The van der Waals surface area contributed by atoms with Crippen molar-refractivity contribution in [3.05, 3.63) is 107 Å². The topological polar surface area (TPSA) is 29.1 Å². The Morgan fingerprint density at radius 3 is 2.00 bits per heavy atom. The molecule has 27 heavy (non-hydrogen) atoms. The van der Waals surface area contributed by atoms with E-state index < -0.39 is 29.3 Å². The fourth-order valence-electron chi connectivity index (χ4n) is 2.90. The Kier molecular flexibility index (Phi) is 5.31. The van der Waals surface area contributed by atoms with E-state index in [1.165, 1.54) is 18.2 Å². The van der Waals surface area contributed by atoms with Crippen molar-refractivity contribution < 1.29 is 18.0 Å². The molecule has 138 valence electrons. The number of nitrogens with one attached hydrogen (secondary N) is 1. The largest absolute Gasteiger partial charge is 0.417 e. The predicted octanol–water partition coefficient (Wildman–Crippen LogP) is 5.53. The van der Waals surface area contributed by atoms with Crippen LogP contribution in [0.5, 0.6) is 0 Å². The summed E-state index contributed by atoms with van der Waals surface area (Å²) >= 11 is 0. The standard InChI is InChI=1S/C22H18F3NO/c1-15-11-13-17(14-12-15)20(16-7-3-2-4-8-16)26-21(27)18-9-5-6-10-19(18)22(23,24)25/h2-14,20H,1H3,(H,26,27)/t20-/m1/s1. The number of aryl methyl sites for hydroxylation is 1. The van der Waals surface area contributed by atoms with Crippen LogP contribution >= 0.6 is 0 Å². The third-order valence-electron chi connectivity index (χ3n) is 4.30. The van der Waals surface area contributed by atoms with E-state index in [9.17, 15) is 18.0 Å². The highest BCUT2D eigenvalue weighted by Crippen LogP contribution is 2.32. The average molecular weight is 369 g/mol. The Hall–Kier alpha value is -3.08. The Balaban J connectivity index is 1.98. The fourth-order valence-corrected chi connectivity index (χ4v) is 2.90. The van der Waals surface area contributed by atoms with Gasteiger partial charge in [-0.2, -0.15) is 13.2 Å². The van der Waals surface area contributed by atoms with Crippen LogP contribution in [0.4, 0.5) is 13.2 Å². The number of hydrogen-bond acceptors (Lipinski definition) is 1. The minimum absolute atomic E-state index is 0.391. The summed E-state index contributed by atoms with van der Waals surface area (Å²) in [7, 11) is 0. The molecule has 1 N–H and O–H groups in total. The quantitative estimate of drug-likeness (QED) is 0.643. The van der Waals surface area contributed by atoms with Gasteiger partial charge in [0.1, 0.15) is 0 Å². The van der Waals surface area contributed by atoms with Crippen LogP contribution in [0.2, 0.25) is 0 Å². The third kappa shape index (κ3) is 4.37. The second kappa shape index (κ2) is 7.66. The SMILES string of the molecule is Cc1ccc([C@H](NC(=O)c2ccccc2C(F)(F)F)c2ccccc2)cc1. The van der Waals surface area contributed by atoms with Gasteiger partial charge in [0.05, 0.1) is 17.2 Å². The van der Waals surface area contributed by atoms with Crippen LogP contribution in [-0.2, 0) is 6.18 Å². The number of rotatable bonds is 4. The van der Waals surface area contributed by atoms with Crippen molar-refractivity contribution in [3.8, 4) is 0 Å². The number of halogens is 3. The van der Waals surface area contributed by atoms with Gasteiger partial charge in [0.25, 0.3) is 5.91 Å². The van der Waals surface area contributed by atoms with Crippen molar-refractivity contribution in [2.75, 3.05) is 0 Å². The Bertz CT molecular complexity index is 918. The zero-order chi connectivity index (χ0) is 19.4. The number of carbonyl (C=O) groups is 1. The lowest BCUT2D eigenvalue weighted by Crippen LogP contribution is -2.31. The van der Waals surface area contributed by atoms with Gasteiger partial charge in [-0.25, -0.2) is 0 Å². The molecule has 3 aromatic rings. The van der Waals surface area contributed by atoms with Gasteiger partial charge in [0.15, 0.2) is 0 Å². The second-order valence-electron chi connectivity index (χ2n) is 6.27. The van der Waals surface area contributed by atoms with E-state index in [1.54, 1.807) is 0 Å². The summed E-state index contributed by atoms with van der Waals surface area (Å²) in [5.41, 5.74) is 1.30. The van der Waals surface area contributed by atoms with E-state index in [4.69, 9.17) is 0 Å². The molecule has 2 nitrogen and oxygen atoms in total. The summed E-state index contributed by atoms with van der Waals surface area (Å²) in [6.07, 6.45) is -4.60. The van der Waals surface area contributed by atoms with Crippen LogP contribution in [0.25, 0.3) is 0 Å². The maximum atomic E-state index is 13.3. The lowest BCUT2D eigenvalue weighted by Gasteiger charge is -2.21. The zero-order valence-electron chi connectivity index (χ0n) is 14.6. The molecule has 0 bridgehead atoms. The number of alkyl halides is 3. The average Bonchev–Trinajstić information content (AvgIpc) is 2.67. The zero-order valence-corrected chi connectivity index (χ0v) is 14.6. The first kappa shape index (κ1) is 18.7. The lowest BCUT2D eigenvalue weighted by molar-refractivity contribution is -0.137. The molecule has 5 heteroatoms. The Morgan fingerprint density at radius 1 is 0.815 bits per heavy atom. The number of benzene rings is 3. The van der Waals surface area contributed by atoms with E-state index in [0.29, 0.717) is 0 Å². The molecular formula is C22H18F3NO. The van der Waals surface area contributed by atoms with E-state index in [2.05, 4.69) is 5.32 Å². The van der Waals surface area contributed by atoms with Crippen molar-refractivity contribution in [3.63, 3.8) is 0 Å². The van der Waals surface area contributed by atoms with Gasteiger partial charge in [-0.15, -0.1) is 0 Å². The van der Waals surface area contributed by atoms with Crippen molar-refractivity contribution in [1.82, 2.24) is 5.32 Å². The van der Waals surface area contributed by atoms with Gasteiger partial charge >= 0.3 is 6.18 Å². The predicted molar refractivity (Wildman–Crippen MR) is 98.4 cm³/mol. The number of hydrogen-bond donors (Lipinski definition) is 1. The monoisotopic (exact) mass is 369 g/mol. The fraction of sp³-hybridized carbons (Fsp3) is 0.136. The molecule has 1 amide bonds. The molecule has 1 atom stereocenters. The van der Waals surface area contributed by atoms with E-state index in [-0.39, 0.29) is 0 Å². The molecule has 0 aromatic heterocycles. The van der Waals surface area contributed by atoms with Gasteiger partial charge in [-0.1, -0.05) is 72.3 Å². The molecule has 0 fully saturated rings. The van der Waals surface area contributed by atoms with Gasteiger partial charge < -0.3 is 5.32 Å². The van der Waals surface area contributed by atoms with E-state index in [0.717, 1.165) is 22.8 Å². The van der Waals surface area contributed by atoms with E-state index in [1.807, 2.05) is 61.5 Å². The Labute approximate surface area is 155 Å². The minimum Gasteiger partial charge on any atom is -0.341 e. The van der Waals surface area contributed by atoms with Crippen LogP contribution in [-0.4, -0.2) is 5.91 Å².